The van der Waals surface area contributed by atoms with Crippen LogP contribution in [0.4, 0.5) is 11.4 Å². The average Bonchev–Trinajstić information content (AvgIpc) is 3.19. The molecule has 0 aromatic heterocycles. The second kappa shape index (κ2) is 9.59. The molecule has 0 bridgehead atoms. The molecule has 2 aromatic carbocycles. The molecule has 1 aliphatic rings. The Morgan fingerprint density at radius 2 is 1.40 bits per heavy atom. The van der Waals surface area contributed by atoms with E-state index in [0.29, 0.717) is 5.75 Å². The lowest BCUT2D eigenvalue weighted by Crippen LogP contribution is -2.16. The Morgan fingerprint density at radius 1 is 0.900 bits per heavy atom. The molecule has 1 aliphatic heterocycles. The quantitative estimate of drug-likeness (QED) is 0.349. The van der Waals surface area contributed by atoms with Gasteiger partial charge in [0.1, 0.15) is 6.61 Å². The summed E-state index contributed by atoms with van der Waals surface area (Å²) in [6.45, 7) is 0.0801. The van der Waals surface area contributed by atoms with Crippen LogP contribution in [0.1, 0.15) is 20.7 Å². The number of esters is 2. The number of hydrogen-bond acceptors (Lipinski definition) is 10. The number of nitro benzene ring substituents is 2. The van der Waals surface area contributed by atoms with Crippen LogP contribution >= 0.6 is 23.5 Å². The molecule has 0 saturated carbocycles. The summed E-state index contributed by atoms with van der Waals surface area (Å²) in [5, 5.41) is 21.3. The fraction of sp³-hybridized carbons (Fsp3) is 0.222. The van der Waals surface area contributed by atoms with Gasteiger partial charge >= 0.3 is 11.9 Å². The van der Waals surface area contributed by atoms with E-state index in [-0.39, 0.29) is 33.7 Å². The van der Waals surface area contributed by atoms with Crippen molar-refractivity contribution in [3.05, 3.63) is 79.9 Å². The van der Waals surface area contributed by atoms with Crippen molar-refractivity contribution in [2.24, 2.45) is 0 Å². The van der Waals surface area contributed by atoms with E-state index in [9.17, 15) is 29.8 Å². The summed E-state index contributed by atoms with van der Waals surface area (Å²) < 4.78 is 10.5. The molecular formula is C18H14N2O8S2. The first-order valence-electron chi connectivity index (χ1n) is 8.47. The highest BCUT2D eigenvalue weighted by atomic mass is 32.2. The van der Waals surface area contributed by atoms with Gasteiger partial charge in [0.25, 0.3) is 11.4 Å². The largest absolute Gasteiger partial charge is 0.460 e. The van der Waals surface area contributed by atoms with Crippen molar-refractivity contribution in [2.75, 3.05) is 12.4 Å². The molecule has 1 heterocycles. The van der Waals surface area contributed by atoms with Crippen molar-refractivity contribution >= 4 is 46.8 Å². The van der Waals surface area contributed by atoms with Gasteiger partial charge in [-0.1, -0.05) is 11.8 Å². The lowest BCUT2D eigenvalue weighted by molar-refractivity contribution is -0.385. The van der Waals surface area contributed by atoms with E-state index in [2.05, 4.69) is 0 Å². The lowest BCUT2D eigenvalue weighted by Gasteiger charge is -2.12. The van der Waals surface area contributed by atoms with Crippen molar-refractivity contribution in [3.63, 3.8) is 0 Å². The number of hydrogen-bond donors (Lipinski definition) is 0. The van der Waals surface area contributed by atoms with Crippen LogP contribution in [0.25, 0.3) is 0 Å². The fourth-order valence-electron chi connectivity index (χ4n) is 2.44. The number of thioether (sulfide) groups is 2. The van der Waals surface area contributed by atoms with Gasteiger partial charge in [-0.25, -0.2) is 9.59 Å². The molecule has 0 unspecified atom stereocenters. The van der Waals surface area contributed by atoms with Gasteiger partial charge in [0.15, 0.2) is 5.44 Å². The highest BCUT2D eigenvalue weighted by molar-refractivity contribution is 8.20. The van der Waals surface area contributed by atoms with Crippen molar-refractivity contribution in [1.29, 1.82) is 0 Å². The maximum absolute atomic E-state index is 12.2. The zero-order valence-corrected chi connectivity index (χ0v) is 16.8. The molecule has 12 heteroatoms. The highest BCUT2D eigenvalue weighted by Gasteiger charge is 2.30. The summed E-state index contributed by atoms with van der Waals surface area (Å²) in [5.41, 5.74) is -0.270. The summed E-state index contributed by atoms with van der Waals surface area (Å²) in [6, 6.07) is 10.2. The standard InChI is InChI=1S/C18H14N2O8S2/c21-17(11-1-5-13(6-2-11)19(23)24)27-9-16-29-10-15(30-16)28-18(22)12-3-7-14(8-4-12)20(25)26/h1-8,15-16H,9-10H2/t15-,16+/m0/s1. The number of carbonyl (C=O) groups is 2. The zero-order chi connectivity index (χ0) is 21.7. The van der Waals surface area contributed by atoms with E-state index >= 15 is 0 Å². The predicted octanol–water partition coefficient (Wildman–Crippen LogP) is 3.65. The van der Waals surface area contributed by atoms with E-state index in [0.717, 1.165) is 0 Å². The van der Waals surface area contributed by atoms with Crippen molar-refractivity contribution in [2.45, 2.75) is 10.0 Å². The summed E-state index contributed by atoms with van der Waals surface area (Å²) in [6.07, 6.45) is 0. The second-order valence-electron chi connectivity index (χ2n) is 5.94. The number of non-ortho nitro benzene ring substituents is 2. The first kappa shape index (κ1) is 21.6. The minimum absolute atomic E-state index is 0.0801. The maximum Gasteiger partial charge on any atom is 0.339 e. The van der Waals surface area contributed by atoms with Crippen LogP contribution in [0.2, 0.25) is 0 Å². The molecule has 156 valence electrons. The minimum atomic E-state index is -0.600. The van der Waals surface area contributed by atoms with Gasteiger partial charge in [-0.2, -0.15) is 0 Å². The smallest absolute Gasteiger partial charge is 0.339 e. The maximum atomic E-state index is 12.2. The van der Waals surface area contributed by atoms with E-state index in [1.807, 2.05) is 0 Å². The molecule has 30 heavy (non-hydrogen) atoms. The SMILES string of the molecule is O=C(OC[C@@H]1SC[C@@H](OC(=O)c2ccc([N+](=O)[O-])cc2)S1)c1ccc([N+](=O)[O-])cc1. The van der Waals surface area contributed by atoms with Crippen LogP contribution in [-0.4, -0.2) is 44.2 Å². The normalized spacial score (nSPS) is 17.9. The van der Waals surface area contributed by atoms with Gasteiger partial charge in [0, 0.05) is 30.0 Å². The number of nitrogens with zero attached hydrogens (tertiary/aromatic N) is 2. The fourth-order valence-corrected chi connectivity index (χ4v) is 5.14. The Morgan fingerprint density at radius 3 is 1.90 bits per heavy atom. The number of benzene rings is 2. The number of ether oxygens (including phenoxy) is 2. The van der Waals surface area contributed by atoms with Crippen LogP contribution in [0, 0.1) is 20.2 Å². The topological polar surface area (TPSA) is 139 Å². The first-order valence-corrected chi connectivity index (χ1v) is 10.5. The van der Waals surface area contributed by atoms with Crippen LogP contribution < -0.4 is 0 Å². The van der Waals surface area contributed by atoms with Gasteiger partial charge in [0.2, 0.25) is 0 Å². The Bertz CT molecular complexity index is 965. The molecule has 0 amide bonds. The Balaban J connectivity index is 1.45. The van der Waals surface area contributed by atoms with E-state index < -0.39 is 27.2 Å². The van der Waals surface area contributed by atoms with E-state index in [1.54, 1.807) is 0 Å². The van der Waals surface area contributed by atoms with E-state index in [4.69, 9.17) is 9.47 Å². The van der Waals surface area contributed by atoms with Gasteiger partial charge in [-0.3, -0.25) is 20.2 Å². The summed E-state index contributed by atoms with van der Waals surface area (Å²) in [5.74, 6) is -0.688. The van der Waals surface area contributed by atoms with Crippen molar-refractivity contribution in [1.82, 2.24) is 0 Å². The molecule has 2 atom stereocenters. The highest BCUT2D eigenvalue weighted by Crippen LogP contribution is 2.39. The molecule has 1 saturated heterocycles. The molecule has 3 rings (SSSR count). The average molecular weight is 450 g/mol. The van der Waals surface area contributed by atoms with Gasteiger partial charge in [-0.05, 0) is 24.3 Å². The Kier molecular flexibility index (Phi) is 6.90. The molecule has 1 fully saturated rings. The Labute approximate surface area is 178 Å². The molecule has 0 radical (unpaired) electrons. The summed E-state index contributed by atoms with van der Waals surface area (Å²) in [7, 11) is 0. The Hall–Kier alpha value is -3.12. The molecule has 0 spiro atoms. The number of carbonyl (C=O) groups excluding carboxylic acids is 2. The lowest BCUT2D eigenvalue weighted by atomic mass is 10.2. The zero-order valence-electron chi connectivity index (χ0n) is 15.2. The molecule has 2 aromatic rings. The molecular weight excluding hydrogens is 436 g/mol. The van der Waals surface area contributed by atoms with Crippen molar-refractivity contribution in [3.8, 4) is 0 Å². The summed E-state index contributed by atoms with van der Waals surface area (Å²) >= 11 is 2.80. The molecule has 0 N–H and O–H groups in total. The monoisotopic (exact) mass is 450 g/mol. The van der Waals surface area contributed by atoms with Crippen molar-refractivity contribution < 1.29 is 28.9 Å². The predicted molar refractivity (Wildman–Crippen MR) is 110 cm³/mol. The summed E-state index contributed by atoms with van der Waals surface area (Å²) in [4.78, 5) is 44.4. The van der Waals surface area contributed by atoms with E-state index in [1.165, 1.54) is 72.1 Å². The third-order valence-electron chi connectivity index (χ3n) is 3.94. The molecule has 0 aliphatic carbocycles. The van der Waals surface area contributed by atoms with Crippen LogP contribution in [0.5, 0.6) is 0 Å². The van der Waals surface area contributed by atoms with Crippen LogP contribution in [0.15, 0.2) is 48.5 Å². The van der Waals surface area contributed by atoms with Crippen LogP contribution in [0.3, 0.4) is 0 Å². The second-order valence-corrected chi connectivity index (χ2v) is 8.84. The van der Waals surface area contributed by atoms with Crippen LogP contribution in [-0.2, 0) is 9.47 Å². The third kappa shape index (κ3) is 5.48. The van der Waals surface area contributed by atoms with Gasteiger partial charge < -0.3 is 9.47 Å². The third-order valence-corrected chi connectivity index (χ3v) is 6.90. The first-order chi connectivity index (χ1) is 14.3. The van der Waals surface area contributed by atoms with Gasteiger partial charge in [-0.15, -0.1) is 11.8 Å². The molecule has 10 nitrogen and oxygen atoms in total. The van der Waals surface area contributed by atoms with Gasteiger partial charge in [0.05, 0.1) is 25.6 Å². The number of rotatable bonds is 7. The minimum Gasteiger partial charge on any atom is -0.460 e. The number of nitro groups is 2.